The van der Waals surface area contributed by atoms with Gasteiger partial charge < -0.3 is 10.1 Å². The summed E-state index contributed by atoms with van der Waals surface area (Å²) in [6.45, 7) is 0.269. The van der Waals surface area contributed by atoms with Gasteiger partial charge in [0.1, 0.15) is 5.75 Å². The van der Waals surface area contributed by atoms with Crippen LogP contribution in [0.15, 0.2) is 66.0 Å². The summed E-state index contributed by atoms with van der Waals surface area (Å²) in [6, 6.07) is 10.8. The Morgan fingerprint density at radius 1 is 1.19 bits per heavy atom. The minimum Gasteiger partial charge on any atom is -0.497 e. The Bertz CT molecular complexity index is 999. The highest BCUT2D eigenvalue weighted by molar-refractivity contribution is 7.89. The first-order valence-corrected chi connectivity index (χ1v) is 9.07. The lowest BCUT2D eigenvalue weighted by Gasteiger charge is -2.06. The number of ether oxygens (including phenoxy) is 1. The minimum absolute atomic E-state index is 0.00553. The average molecular weight is 372 g/mol. The van der Waals surface area contributed by atoms with Crippen LogP contribution < -0.4 is 10.1 Å². The van der Waals surface area contributed by atoms with Gasteiger partial charge in [-0.25, -0.2) is 0 Å². The molecule has 0 bridgehead atoms. The maximum absolute atomic E-state index is 12.6. The van der Waals surface area contributed by atoms with E-state index in [0.717, 1.165) is 9.65 Å². The van der Waals surface area contributed by atoms with Crippen molar-refractivity contribution in [3.63, 3.8) is 0 Å². The summed E-state index contributed by atoms with van der Waals surface area (Å²) in [5.74, 6) is 0.0671. The van der Waals surface area contributed by atoms with Gasteiger partial charge in [0.15, 0.2) is 5.69 Å². The lowest BCUT2D eigenvalue weighted by molar-refractivity contribution is 0.0945. The highest BCUT2D eigenvalue weighted by Crippen LogP contribution is 2.17. The molecular formula is C17H16N4O4S. The van der Waals surface area contributed by atoms with Crippen LogP contribution in [0.4, 0.5) is 0 Å². The molecule has 0 radical (unpaired) electrons. The van der Waals surface area contributed by atoms with Crippen LogP contribution in [-0.4, -0.2) is 35.6 Å². The first-order valence-electron chi connectivity index (χ1n) is 7.63. The van der Waals surface area contributed by atoms with Gasteiger partial charge in [0, 0.05) is 25.1 Å². The zero-order chi connectivity index (χ0) is 18.6. The van der Waals surface area contributed by atoms with E-state index >= 15 is 0 Å². The molecule has 0 aliphatic carbocycles. The number of aromatic nitrogens is 3. The molecule has 0 saturated carbocycles. The van der Waals surface area contributed by atoms with E-state index in [-0.39, 0.29) is 17.1 Å². The van der Waals surface area contributed by atoms with Crippen LogP contribution in [0.5, 0.6) is 5.75 Å². The third-order valence-corrected chi connectivity index (χ3v) is 5.14. The molecule has 8 nitrogen and oxygen atoms in total. The normalized spacial score (nSPS) is 11.1. The number of benzene rings is 1. The third-order valence-electron chi connectivity index (χ3n) is 3.58. The lowest BCUT2D eigenvalue weighted by Crippen LogP contribution is -2.24. The van der Waals surface area contributed by atoms with Crippen LogP contribution in [0.2, 0.25) is 0 Å². The Balaban J connectivity index is 1.74. The number of rotatable bonds is 6. The van der Waals surface area contributed by atoms with Crippen molar-refractivity contribution in [2.45, 2.75) is 11.4 Å². The number of carbonyl (C=O) groups excluding carboxylic acids is 1. The Morgan fingerprint density at radius 3 is 2.62 bits per heavy atom. The number of amides is 1. The van der Waals surface area contributed by atoms with Gasteiger partial charge in [-0.3, -0.25) is 9.78 Å². The van der Waals surface area contributed by atoms with Crippen molar-refractivity contribution in [1.29, 1.82) is 0 Å². The van der Waals surface area contributed by atoms with Crippen LogP contribution in [0, 0.1) is 0 Å². The van der Waals surface area contributed by atoms with E-state index in [2.05, 4.69) is 15.4 Å². The van der Waals surface area contributed by atoms with Gasteiger partial charge in [-0.1, -0.05) is 6.07 Å². The van der Waals surface area contributed by atoms with Crippen molar-refractivity contribution in [3.05, 3.63) is 72.3 Å². The summed E-state index contributed by atoms with van der Waals surface area (Å²) < 4.78 is 30.9. The van der Waals surface area contributed by atoms with Gasteiger partial charge in [-0.2, -0.15) is 17.6 Å². The molecule has 0 atom stereocenters. The number of hydrogen-bond acceptors (Lipinski definition) is 6. The first-order chi connectivity index (χ1) is 12.5. The molecule has 3 rings (SSSR count). The number of carbonyl (C=O) groups is 1. The van der Waals surface area contributed by atoms with E-state index in [0.29, 0.717) is 5.75 Å². The average Bonchev–Trinajstić information content (AvgIpc) is 3.18. The van der Waals surface area contributed by atoms with E-state index in [9.17, 15) is 13.2 Å². The number of pyridine rings is 1. The smallest absolute Gasteiger partial charge is 0.282 e. The number of methoxy groups -OCH3 is 1. The van der Waals surface area contributed by atoms with E-state index in [4.69, 9.17) is 4.74 Å². The third kappa shape index (κ3) is 3.72. The fourth-order valence-corrected chi connectivity index (χ4v) is 3.31. The highest BCUT2D eigenvalue weighted by atomic mass is 32.2. The van der Waals surface area contributed by atoms with Crippen molar-refractivity contribution in [2.75, 3.05) is 7.11 Å². The molecule has 0 spiro atoms. The summed E-state index contributed by atoms with van der Waals surface area (Å²) in [5, 5.41) is 6.55. The largest absolute Gasteiger partial charge is 0.497 e. The van der Waals surface area contributed by atoms with Crippen molar-refractivity contribution in [3.8, 4) is 5.75 Å². The maximum atomic E-state index is 12.6. The minimum atomic E-state index is -3.88. The summed E-state index contributed by atoms with van der Waals surface area (Å²) in [7, 11) is -2.39. The topological polar surface area (TPSA) is 103 Å². The van der Waals surface area contributed by atoms with Crippen molar-refractivity contribution >= 4 is 15.9 Å². The van der Waals surface area contributed by atoms with E-state index < -0.39 is 15.9 Å². The van der Waals surface area contributed by atoms with Crippen LogP contribution in [-0.2, 0) is 16.6 Å². The molecule has 9 heteroatoms. The molecule has 3 aromatic rings. The molecule has 134 valence electrons. The van der Waals surface area contributed by atoms with Crippen molar-refractivity contribution in [2.24, 2.45) is 0 Å². The first kappa shape index (κ1) is 17.6. The Kier molecular flexibility index (Phi) is 4.99. The van der Waals surface area contributed by atoms with Gasteiger partial charge in [0.2, 0.25) is 0 Å². The molecule has 0 fully saturated rings. The monoisotopic (exact) mass is 372 g/mol. The Hall–Kier alpha value is -3.20. The van der Waals surface area contributed by atoms with Crippen LogP contribution in [0.3, 0.4) is 0 Å². The lowest BCUT2D eigenvalue weighted by atomic mass is 10.3. The van der Waals surface area contributed by atoms with Gasteiger partial charge >= 0.3 is 0 Å². The van der Waals surface area contributed by atoms with E-state index in [1.54, 1.807) is 18.5 Å². The molecule has 0 aliphatic heterocycles. The molecule has 0 unspecified atom stereocenters. The fraction of sp³-hybridized carbons (Fsp3) is 0.118. The fourth-order valence-electron chi connectivity index (χ4n) is 2.19. The summed E-state index contributed by atoms with van der Waals surface area (Å²) in [6.07, 6.45) is 4.50. The summed E-state index contributed by atoms with van der Waals surface area (Å²) in [4.78, 5) is 16.2. The number of nitrogens with zero attached hydrogens (tertiary/aromatic N) is 3. The second kappa shape index (κ2) is 7.36. The standard InChI is InChI=1S/C17H16N4O4S/c1-25-14-4-6-15(7-5-14)26(23,24)21-10-8-16(20-21)17(22)19-12-13-3-2-9-18-11-13/h2-11H,12H2,1H3,(H,19,22). The second-order valence-electron chi connectivity index (χ2n) is 5.30. The molecule has 26 heavy (non-hydrogen) atoms. The van der Waals surface area contributed by atoms with Gasteiger partial charge in [0.25, 0.3) is 15.9 Å². The second-order valence-corrected chi connectivity index (χ2v) is 7.09. The molecule has 1 aromatic carbocycles. The zero-order valence-corrected chi connectivity index (χ0v) is 14.7. The van der Waals surface area contributed by atoms with Gasteiger partial charge in [0.05, 0.1) is 12.0 Å². The van der Waals surface area contributed by atoms with E-state index in [1.807, 2.05) is 6.07 Å². The Morgan fingerprint density at radius 2 is 1.96 bits per heavy atom. The molecule has 1 N–H and O–H groups in total. The summed E-state index contributed by atoms with van der Waals surface area (Å²) in [5.41, 5.74) is 0.831. The maximum Gasteiger partial charge on any atom is 0.282 e. The Labute approximate surface area is 150 Å². The molecule has 2 heterocycles. The quantitative estimate of drug-likeness (QED) is 0.702. The molecular weight excluding hydrogens is 356 g/mol. The zero-order valence-electron chi connectivity index (χ0n) is 13.9. The van der Waals surface area contributed by atoms with Gasteiger partial charge in [-0.15, -0.1) is 0 Å². The van der Waals surface area contributed by atoms with Crippen LogP contribution in [0.25, 0.3) is 0 Å². The van der Waals surface area contributed by atoms with Crippen LogP contribution in [0.1, 0.15) is 16.1 Å². The predicted molar refractivity (Wildman–Crippen MR) is 93.2 cm³/mol. The highest BCUT2D eigenvalue weighted by Gasteiger charge is 2.20. The number of hydrogen-bond donors (Lipinski definition) is 1. The van der Waals surface area contributed by atoms with E-state index in [1.165, 1.54) is 43.6 Å². The molecule has 2 aromatic heterocycles. The molecule has 0 saturated heterocycles. The molecule has 0 aliphatic rings. The van der Waals surface area contributed by atoms with Crippen molar-refractivity contribution in [1.82, 2.24) is 19.5 Å². The van der Waals surface area contributed by atoms with Gasteiger partial charge in [-0.05, 0) is 42.0 Å². The predicted octanol–water partition coefficient (Wildman–Crippen LogP) is 1.45. The summed E-state index contributed by atoms with van der Waals surface area (Å²) >= 11 is 0. The van der Waals surface area contributed by atoms with Crippen LogP contribution >= 0.6 is 0 Å². The number of nitrogens with one attached hydrogen (secondary N) is 1. The SMILES string of the molecule is COc1ccc(S(=O)(=O)n2ccc(C(=O)NCc3cccnc3)n2)cc1. The van der Waals surface area contributed by atoms with Crippen molar-refractivity contribution < 1.29 is 17.9 Å². The molecule has 1 amide bonds.